The summed E-state index contributed by atoms with van der Waals surface area (Å²) in [4.78, 5) is 11.3. The Balaban J connectivity index is 3.14. The number of nitrogens with zero attached hydrogens (tertiary/aromatic N) is 1. The van der Waals surface area contributed by atoms with Gasteiger partial charge in [0.15, 0.2) is 0 Å². The van der Waals surface area contributed by atoms with Crippen LogP contribution in [0.4, 0.5) is 10.1 Å². The first-order valence-corrected chi connectivity index (χ1v) is 7.78. The van der Waals surface area contributed by atoms with Crippen molar-refractivity contribution in [1.29, 1.82) is 0 Å². The molecule has 0 heterocycles. The number of anilines is 1. The second kappa shape index (κ2) is 6.40. The molecule has 0 fully saturated rings. The maximum absolute atomic E-state index is 13.7. The van der Waals surface area contributed by atoms with E-state index in [0.717, 1.165) is 10.4 Å². The Hall–Kier alpha value is -1.67. The number of sulfonamides is 1. The third-order valence-corrected chi connectivity index (χ3v) is 5.18. The summed E-state index contributed by atoms with van der Waals surface area (Å²) < 4.78 is 39.6. The Kier molecular flexibility index (Phi) is 5.30. The first-order chi connectivity index (χ1) is 9.61. The number of carbonyl (C=O) groups is 1. The van der Waals surface area contributed by atoms with E-state index in [4.69, 9.17) is 5.73 Å². The van der Waals surface area contributed by atoms with Crippen LogP contribution in [0.1, 0.15) is 12.5 Å². The number of hydrogen-bond acceptors (Lipinski definition) is 4. The largest absolute Gasteiger partial charge is 0.399 e. The summed E-state index contributed by atoms with van der Waals surface area (Å²) in [5.74, 6) is -1.48. The number of carbonyl (C=O) groups excluding carboxylic acids is 1. The highest BCUT2D eigenvalue weighted by Gasteiger charge is 2.27. The van der Waals surface area contributed by atoms with Gasteiger partial charge in [0.2, 0.25) is 15.9 Å². The van der Waals surface area contributed by atoms with Gasteiger partial charge in [-0.3, -0.25) is 4.79 Å². The summed E-state index contributed by atoms with van der Waals surface area (Å²) in [6, 6.07) is 2.29. The van der Waals surface area contributed by atoms with E-state index in [1.807, 2.05) is 0 Å². The fraction of sp³-hybridized carbons (Fsp3) is 0.462. The van der Waals surface area contributed by atoms with Crippen molar-refractivity contribution >= 4 is 21.6 Å². The zero-order valence-electron chi connectivity index (χ0n) is 12.5. The normalized spacial score (nSPS) is 13.2. The molecule has 1 unspecified atom stereocenters. The molecule has 1 rings (SSSR count). The second-order valence-electron chi connectivity index (χ2n) is 4.93. The quantitative estimate of drug-likeness (QED) is 0.783. The molecule has 1 aromatic rings. The van der Waals surface area contributed by atoms with Gasteiger partial charge in [0.25, 0.3) is 0 Å². The van der Waals surface area contributed by atoms with Crippen LogP contribution in [0.5, 0.6) is 0 Å². The first kappa shape index (κ1) is 17.4. The molecule has 0 spiro atoms. The Morgan fingerprint density at radius 1 is 1.48 bits per heavy atom. The Bertz CT molecular complexity index is 646. The highest BCUT2D eigenvalue weighted by atomic mass is 32.2. The minimum absolute atomic E-state index is 0.00338. The van der Waals surface area contributed by atoms with E-state index in [1.165, 1.54) is 27.1 Å². The van der Waals surface area contributed by atoms with Gasteiger partial charge in [0, 0.05) is 37.8 Å². The van der Waals surface area contributed by atoms with E-state index in [0.29, 0.717) is 0 Å². The number of benzene rings is 1. The van der Waals surface area contributed by atoms with Gasteiger partial charge in [-0.25, -0.2) is 17.1 Å². The van der Waals surface area contributed by atoms with Crippen LogP contribution in [0.25, 0.3) is 0 Å². The minimum Gasteiger partial charge on any atom is -0.399 e. The number of hydrogen-bond donors (Lipinski definition) is 2. The van der Waals surface area contributed by atoms with Crippen LogP contribution in [0, 0.1) is 18.7 Å². The van der Waals surface area contributed by atoms with Gasteiger partial charge >= 0.3 is 0 Å². The lowest BCUT2D eigenvalue weighted by Gasteiger charge is -2.21. The van der Waals surface area contributed by atoms with Gasteiger partial charge in [0.1, 0.15) is 5.82 Å². The molecular weight excluding hydrogens is 297 g/mol. The smallest absolute Gasteiger partial charge is 0.243 e. The first-order valence-electron chi connectivity index (χ1n) is 6.34. The summed E-state index contributed by atoms with van der Waals surface area (Å²) in [6.07, 6.45) is 0. The molecule has 21 heavy (non-hydrogen) atoms. The molecule has 118 valence electrons. The van der Waals surface area contributed by atoms with Gasteiger partial charge in [-0.05, 0) is 19.1 Å². The molecule has 0 aromatic heterocycles. The lowest BCUT2D eigenvalue weighted by atomic mass is 10.2. The van der Waals surface area contributed by atoms with Crippen molar-refractivity contribution in [2.75, 3.05) is 26.4 Å². The molecule has 0 aliphatic rings. The highest BCUT2D eigenvalue weighted by Crippen LogP contribution is 2.24. The van der Waals surface area contributed by atoms with E-state index >= 15 is 0 Å². The monoisotopic (exact) mass is 317 g/mol. The van der Waals surface area contributed by atoms with Crippen molar-refractivity contribution in [3.05, 3.63) is 23.5 Å². The molecule has 0 bridgehead atoms. The van der Waals surface area contributed by atoms with Crippen LogP contribution >= 0.6 is 0 Å². The van der Waals surface area contributed by atoms with Gasteiger partial charge in [-0.2, -0.15) is 0 Å². The number of nitrogen functional groups attached to an aromatic ring is 1. The number of amides is 1. The molecule has 8 heteroatoms. The SMILES string of the molecule is CNC(=O)C(C)CN(C)S(=O)(=O)c1cc(N)cc(F)c1C. The molecule has 6 nitrogen and oxygen atoms in total. The summed E-state index contributed by atoms with van der Waals surface area (Å²) in [5.41, 5.74) is 5.54. The van der Waals surface area contributed by atoms with Crippen molar-refractivity contribution in [3.63, 3.8) is 0 Å². The average molecular weight is 317 g/mol. The third kappa shape index (κ3) is 3.70. The summed E-state index contributed by atoms with van der Waals surface area (Å²) in [5, 5.41) is 2.45. The van der Waals surface area contributed by atoms with E-state index in [9.17, 15) is 17.6 Å². The van der Waals surface area contributed by atoms with Crippen molar-refractivity contribution < 1.29 is 17.6 Å². The molecule has 0 saturated carbocycles. The summed E-state index contributed by atoms with van der Waals surface area (Å²) in [7, 11) is -1.10. The van der Waals surface area contributed by atoms with Crippen molar-refractivity contribution in [1.82, 2.24) is 9.62 Å². The van der Waals surface area contributed by atoms with Crippen LogP contribution in [0.15, 0.2) is 17.0 Å². The van der Waals surface area contributed by atoms with Crippen LogP contribution < -0.4 is 11.1 Å². The molecule has 3 N–H and O–H groups in total. The van der Waals surface area contributed by atoms with E-state index < -0.39 is 21.8 Å². The molecule has 1 amide bonds. The molecule has 0 aliphatic heterocycles. The zero-order chi connectivity index (χ0) is 16.4. The number of nitrogens with one attached hydrogen (secondary N) is 1. The van der Waals surface area contributed by atoms with Gasteiger partial charge in [-0.1, -0.05) is 6.92 Å². The van der Waals surface area contributed by atoms with Crippen LogP contribution in [0.2, 0.25) is 0 Å². The van der Waals surface area contributed by atoms with E-state index in [-0.39, 0.29) is 28.6 Å². The van der Waals surface area contributed by atoms with Crippen LogP contribution in [-0.4, -0.2) is 39.3 Å². The summed E-state index contributed by atoms with van der Waals surface area (Å²) >= 11 is 0. The van der Waals surface area contributed by atoms with Gasteiger partial charge in [0.05, 0.1) is 4.90 Å². The zero-order valence-corrected chi connectivity index (χ0v) is 13.3. The molecular formula is C13H20FN3O3S. The van der Waals surface area contributed by atoms with Gasteiger partial charge in [-0.15, -0.1) is 0 Å². The van der Waals surface area contributed by atoms with Crippen LogP contribution in [0.3, 0.4) is 0 Å². The topological polar surface area (TPSA) is 92.5 Å². The average Bonchev–Trinajstić information content (AvgIpc) is 2.41. The van der Waals surface area contributed by atoms with Crippen LogP contribution in [-0.2, 0) is 14.8 Å². The fourth-order valence-corrected chi connectivity index (χ4v) is 3.45. The number of halogens is 1. The molecule has 1 aromatic carbocycles. The van der Waals surface area contributed by atoms with Crippen molar-refractivity contribution in [3.8, 4) is 0 Å². The molecule has 0 radical (unpaired) electrons. The maximum Gasteiger partial charge on any atom is 0.243 e. The van der Waals surface area contributed by atoms with E-state index in [1.54, 1.807) is 6.92 Å². The Labute approximate surface area is 124 Å². The second-order valence-corrected chi connectivity index (χ2v) is 6.94. The molecule has 1 atom stereocenters. The standard InChI is InChI=1S/C13H20FN3O3S/c1-8(13(18)16-3)7-17(4)21(19,20)12-6-10(15)5-11(14)9(12)2/h5-6,8H,7,15H2,1-4H3,(H,16,18). The van der Waals surface area contributed by atoms with Crippen molar-refractivity contribution in [2.24, 2.45) is 5.92 Å². The lowest BCUT2D eigenvalue weighted by molar-refractivity contribution is -0.124. The lowest BCUT2D eigenvalue weighted by Crippen LogP contribution is -2.37. The highest BCUT2D eigenvalue weighted by molar-refractivity contribution is 7.89. The van der Waals surface area contributed by atoms with E-state index in [2.05, 4.69) is 5.32 Å². The molecule has 0 aliphatic carbocycles. The Morgan fingerprint density at radius 3 is 2.57 bits per heavy atom. The summed E-state index contributed by atoms with van der Waals surface area (Å²) in [6.45, 7) is 2.97. The predicted molar refractivity (Wildman–Crippen MR) is 78.6 cm³/mol. The van der Waals surface area contributed by atoms with Crippen molar-refractivity contribution in [2.45, 2.75) is 18.7 Å². The maximum atomic E-state index is 13.7. The third-order valence-electron chi connectivity index (χ3n) is 3.23. The van der Waals surface area contributed by atoms with Gasteiger partial charge < -0.3 is 11.1 Å². The Morgan fingerprint density at radius 2 is 2.05 bits per heavy atom. The molecule has 0 saturated heterocycles. The minimum atomic E-state index is -3.92. The predicted octanol–water partition coefficient (Wildman–Crippen LogP) is 0.719. The number of rotatable bonds is 5. The fourth-order valence-electron chi connectivity index (χ4n) is 1.92. The number of nitrogens with two attached hydrogens (primary N) is 1.